The lowest BCUT2D eigenvalue weighted by atomic mass is 9.87. The number of esters is 1. The Morgan fingerprint density at radius 3 is 2.61 bits per heavy atom. The number of anilines is 1. The highest BCUT2D eigenvalue weighted by Crippen LogP contribution is 2.31. The van der Waals surface area contributed by atoms with Crippen LogP contribution in [0.4, 0.5) is 5.82 Å². The molecule has 0 saturated carbocycles. The van der Waals surface area contributed by atoms with Crippen molar-refractivity contribution in [3.63, 3.8) is 0 Å². The number of ether oxygens (including phenoxy) is 1. The van der Waals surface area contributed by atoms with Crippen LogP contribution in [0.5, 0.6) is 0 Å². The SMILES string of the molecule is COC(=O)c1ccnc2c(C(C)[C@H](C)CNc3cc(-c4cnc(C)nc4)ncn3)cccc12. The molecule has 2 atom stereocenters. The molecule has 1 N–H and O–H groups in total. The first-order valence-corrected chi connectivity index (χ1v) is 10.8. The molecule has 3 heterocycles. The second kappa shape index (κ2) is 9.68. The van der Waals surface area contributed by atoms with Crippen LogP contribution in [-0.2, 0) is 4.74 Å². The van der Waals surface area contributed by atoms with Crippen LogP contribution < -0.4 is 5.32 Å². The van der Waals surface area contributed by atoms with Gasteiger partial charge in [-0.1, -0.05) is 32.0 Å². The quantitative estimate of drug-likeness (QED) is 0.419. The second-order valence-electron chi connectivity index (χ2n) is 8.05. The average Bonchev–Trinajstić information content (AvgIpc) is 2.86. The Bertz CT molecular complexity index is 1280. The average molecular weight is 443 g/mol. The third-order valence-electron chi connectivity index (χ3n) is 5.90. The molecule has 0 aliphatic carbocycles. The molecule has 0 bridgehead atoms. The van der Waals surface area contributed by atoms with E-state index in [1.54, 1.807) is 24.7 Å². The van der Waals surface area contributed by atoms with Crippen molar-refractivity contribution in [2.75, 3.05) is 19.0 Å². The second-order valence-corrected chi connectivity index (χ2v) is 8.05. The van der Waals surface area contributed by atoms with Crippen LogP contribution in [0.15, 0.2) is 55.2 Å². The third-order valence-corrected chi connectivity index (χ3v) is 5.90. The van der Waals surface area contributed by atoms with Gasteiger partial charge in [-0.3, -0.25) is 4.98 Å². The summed E-state index contributed by atoms with van der Waals surface area (Å²) in [6, 6.07) is 9.53. The standard InChI is InChI=1S/C25H26N6O2/c1-15(11-29-23-10-22(30-14-31-23)18-12-27-17(3)28-13-18)16(2)19-6-5-7-20-21(25(32)33-4)8-9-26-24(19)20/h5-10,12-16H,11H2,1-4H3,(H,29,30,31)/t15-,16?/m1/s1. The minimum atomic E-state index is -0.361. The first-order valence-electron chi connectivity index (χ1n) is 10.8. The lowest BCUT2D eigenvalue weighted by Gasteiger charge is -2.22. The van der Waals surface area contributed by atoms with Gasteiger partial charge < -0.3 is 10.1 Å². The van der Waals surface area contributed by atoms with Gasteiger partial charge in [-0.05, 0) is 30.4 Å². The number of aryl methyl sites for hydroxylation is 1. The fourth-order valence-corrected chi connectivity index (χ4v) is 3.74. The Balaban J connectivity index is 1.51. The van der Waals surface area contributed by atoms with Crippen molar-refractivity contribution in [3.05, 3.63) is 72.2 Å². The zero-order valence-corrected chi connectivity index (χ0v) is 19.1. The van der Waals surface area contributed by atoms with Crippen LogP contribution in [0, 0.1) is 12.8 Å². The van der Waals surface area contributed by atoms with E-state index in [1.807, 2.05) is 25.1 Å². The van der Waals surface area contributed by atoms with Gasteiger partial charge in [0.1, 0.15) is 18.0 Å². The number of pyridine rings is 1. The van der Waals surface area contributed by atoms with Gasteiger partial charge in [0.05, 0.1) is 23.9 Å². The Morgan fingerprint density at radius 2 is 1.85 bits per heavy atom. The third kappa shape index (κ3) is 4.79. The highest BCUT2D eigenvalue weighted by Gasteiger charge is 2.20. The van der Waals surface area contributed by atoms with E-state index in [-0.39, 0.29) is 17.8 Å². The highest BCUT2D eigenvalue weighted by molar-refractivity contribution is 6.04. The molecule has 3 aromatic heterocycles. The number of fused-ring (bicyclic) bond motifs is 1. The van der Waals surface area contributed by atoms with Crippen molar-refractivity contribution in [1.29, 1.82) is 0 Å². The molecule has 0 aliphatic heterocycles. The Labute approximate surface area is 192 Å². The number of carbonyl (C=O) groups excluding carboxylic acids is 1. The molecular weight excluding hydrogens is 416 g/mol. The van der Waals surface area contributed by atoms with E-state index in [0.29, 0.717) is 12.1 Å². The zero-order valence-electron chi connectivity index (χ0n) is 19.1. The Kier molecular flexibility index (Phi) is 6.53. The van der Waals surface area contributed by atoms with Gasteiger partial charge in [0, 0.05) is 42.2 Å². The molecule has 0 saturated heterocycles. The zero-order chi connectivity index (χ0) is 23.4. The predicted octanol–water partition coefficient (Wildman–Crippen LogP) is 4.43. The number of para-hydroxylation sites is 1. The molecule has 4 aromatic rings. The number of nitrogens with zero attached hydrogens (tertiary/aromatic N) is 5. The molecule has 0 spiro atoms. The van der Waals surface area contributed by atoms with Gasteiger partial charge in [-0.2, -0.15) is 0 Å². The van der Waals surface area contributed by atoms with Crippen molar-refractivity contribution < 1.29 is 9.53 Å². The minimum Gasteiger partial charge on any atom is -0.465 e. The maximum absolute atomic E-state index is 12.2. The van der Waals surface area contributed by atoms with Crippen molar-refractivity contribution in [1.82, 2.24) is 24.9 Å². The van der Waals surface area contributed by atoms with E-state index < -0.39 is 0 Å². The fraction of sp³-hybridized carbons (Fsp3) is 0.280. The smallest absolute Gasteiger partial charge is 0.338 e. The summed E-state index contributed by atoms with van der Waals surface area (Å²) in [5.74, 6) is 1.55. The highest BCUT2D eigenvalue weighted by atomic mass is 16.5. The lowest BCUT2D eigenvalue weighted by molar-refractivity contribution is 0.0603. The summed E-state index contributed by atoms with van der Waals surface area (Å²) in [4.78, 5) is 33.9. The number of methoxy groups -OCH3 is 1. The molecule has 1 aromatic carbocycles. The van der Waals surface area contributed by atoms with E-state index in [9.17, 15) is 4.79 Å². The maximum Gasteiger partial charge on any atom is 0.338 e. The Morgan fingerprint density at radius 1 is 1.06 bits per heavy atom. The van der Waals surface area contributed by atoms with Crippen LogP contribution in [0.2, 0.25) is 0 Å². The molecule has 33 heavy (non-hydrogen) atoms. The number of rotatable bonds is 7. The summed E-state index contributed by atoms with van der Waals surface area (Å²) < 4.78 is 4.93. The topological polar surface area (TPSA) is 103 Å². The molecule has 0 fully saturated rings. The monoisotopic (exact) mass is 442 g/mol. The van der Waals surface area contributed by atoms with Gasteiger partial charge in [0.15, 0.2) is 0 Å². The lowest BCUT2D eigenvalue weighted by Crippen LogP contribution is -2.18. The number of hydrogen-bond acceptors (Lipinski definition) is 8. The number of nitrogens with one attached hydrogen (secondary N) is 1. The Hall–Kier alpha value is -3.94. The van der Waals surface area contributed by atoms with Gasteiger partial charge >= 0.3 is 5.97 Å². The van der Waals surface area contributed by atoms with Crippen LogP contribution in [0.1, 0.15) is 41.5 Å². The number of aromatic nitrogens is 5. The molecule has 4 rings (SSSR count). The normalized spacial score (nSPS) is 12.8. The van der Waals surface area contributed by atoms with E-state index in [2.05, 4.69) is 50.2 Å². The van der Waals surface area contributed by atoms with Crippen LogP contribution in [0.25, 0.3) is 22.2 Å². The van der Waals surface area contributed by atoms with Crippen molar-refractivity contribution in [3.8, 4) is 11.3 Å². The maximum atomic E-state index is 12.2. The summed E-state index contributed by atoms with van der Waals surface area (Å²) in [7, 11) is 1.39. The summed E-state index contributed by atoms with van der Waals surface area (Å²) in [6.45, 7) is 6.90. The predicted molar refractivity (Wildman–Crippen MR) is 127 cm³/mol. The van der Waals surface area contributed by atoms with Crippen molar-refractivity contribution >= 4 is 22.7 Å². The first kappa shape index (κ1) is 22.3. The van der Waals surface area contributed by atoms with Gasteiger partial charge in [-0.25, -0.2) is 24.7 Å². The molecule has 168 valence electrons. The molecule has 0 aliphatic rings. The molecule has 8 heteroatoms. The van der Waals surface area contributed by atoms with E-state index in [1.165, 1.54) is 13.4 Å². The summed E-state index contributed by atoms with van der Waals surface area (Å²) in [6.07, 6.45) is 6.71. The molecule has 1 unspecified atom stereocenters. The van der Waals surface area contributed by atoms with Crippen LogP contribution in [-0.4, -0.2) is 44.5 Å². The van der Waals surface area contributed by atoms with Gasteiger partial charge in [0.2, 0.25) is 0 Å². The number of hydrogen-bond donors (Lipinski definition) is 1. The van der Waals surface area contributed by atoms with Crippen molar-refractivity contribution in [2.24, 2.45) is 5.92 Å². The van der Waals surface area contributed by atoms with Crippen LogP contribution in [0.3, 0.4) is 0 Å². The van der Waals surface area contributed by atoms with Crippen LogP contribution >= 0.6 is 0 Å². The van der Waals surface area contributed by atoms with Gasteiger partial charge in [-0.15, -0.1) is 0 Å². The van der Waals surface area contributed by atoms with E-state index in [4.69, 9.17) is 4.74 Å². The van der Waals surface area contributed by atoms with E-state index in [0.717, 1.165) is 39.4 Å². The molecule has 0 radical (unpaired) electrons. The number of benzene rings is 1. The van der Waals surface area contributed by atoms with E-state index >= 15 is 0 Å². The fourth-order valence-electron chi connectivity index (χ4n) is 3.74. The van der Waals surface area contributed by atoms with Gasteiger partial charge in [0.25, 0.3) is 0 Å². The summed E-state index contributed by atoms with van der Waals surface area (Å²) in [5, 5.41) is 4.22. The molecule has 0 amide bonds. The first-order chi connectivity index (χ1) is 16.0. The minimum absolute atomic E-state index is 0.188. The number of carbonyl (C=O) groups is 1. The largest absolute Gasteiger partial charge is 0.465 e. The van der Waals surface area contributed by atoms with Crippen molar-refractivity contribution in [2.45, 2.75) is 26.7 Å². The summed E-state index contributed by atoms with van der Waals surface area (Å²) in [5.41, 5.74) is 4.05. The summed E-state index contributed by atoms with van der Waals surface area (Å²) >= 11 is 0. The molecule has 8 nitrogen and oxygen atoms in total. The molecular formula is C25H26N6O2.